The molecule has 0 aliphatic carbocycles. The molecule has 0 heterocycles. The first-order valence-corrected chi connectivity index (χ1v) is 30.3. The van der Waals surface area contributed by atoms with Crippen LogP contribution >= 0.6 is 0 Å². The third kappa shape index (κ3) is 31.9. The molecule has 0 aromatic carbocycles. The molecule has 0 spiro atoms. The van der Waals surface area contributed by atoms with Crippen molar-refractivity contribution in [2.24, 2.45) is 0 Å². The van der Waals surface area contributed by atoms with Crippen LogP contribution in [0.3, 0.4) is 0 Å². The summed E-state index contributed by atoms with van der Waals surface area (Å²) in [7, 11) is -9.24. The van der Waals surface area contributed by atoms with Crippen molar-refractivity contribution in [1.29, 1.82) is 0 Å². The van der Waals surface area contributed by atoms with Gasteiger partial charge in [0.05, 0.1) is 79.3 Å². The van der Waals surface area contributed by atoms with E-state index in [0.29, 0.717) is 13.2 Å². The summed E-state index contributed by atoms with van der Waals surface area (Å²) in [5.41, 5.74) is 0. The first kappa shape index (κ1) is 53.2. The molecule has 0 fully saturated rings. The molecule has 0 saturated carbocycles. The Morgan fingerprint density at radius 2 is 0.604 bits per heavy atom. The topological polar surface area (TPSA) is 245 Å². The molecule has 0 saturated heterocycles. The van der Waals surface area contributed by atoms with Gasteiger partial charge in [-0.2, -0.15) is 0 Å². The molecular weight excluding hydrogens is 769 g/mol. The molecule has 6 unspecified atom stereocenters. The maximum absolute atomic E-state index is 10.1. The fourth-order valence-electron chi connectivity index (χ4n) is 5.36. The highest BCUT2D eigenvalue weighted by Gasteiger charge is 2.43. The molecule has 320 valence electrons. The number of rotatable bonds is 36. The largest absolute Gasteiger partial charge is 0.436 e. The number of hydrogen-bond donors (Lipinski definition) is 8. The Bertz CT molecular complexity index is 825. The zero-order valence-corrected chi connectivity index (χ0v) is 37.4. The van der Waals surface area contributed by atoms with Gasteiger partial charge in [-0.25, -0.2) is 0 Å². The van der Waals surface area contributed by atoms with Crippen molar-refractivity contribution in [2.45, 2.75) is 114 Å². The van der Waals surface area contributed by atoms with E-state index in [2.05, 4.69) is 52.4 Å². The van der Waals surface area contributed by atoms with E-state index in [-0.39, 0.29) is 66.1 Å². The third-order valence-corrected chi connectivity index (χ3v) is 22.6. The Kier molecular flexibility index (Phi) is 28.7. The SMILES string of the molecule is C[Si](C)(CCCOCC(O)COCC(O)COCC(O)CO)O[Si](C)(C)O[Si](C)(C)O[Si](C)(C)CCCOCC(O)COCC(O)COCC(O)CO. The molecule has 53 heavy (non-hydrogen) atoms. The van der Waals surface area contributed by atoms with E-state index in [1.807, 2.05) is 0 Å². The zero-order chi connectivity index (χ0) is 40.6. The molecule has 6 atom stereocenters. The summed E-state index contributed by atoms with van der Waals surface area (Å²) < 4.78 is 52.1. The van der Waals surface area contributed by atoms with Gasteiger partial charge in [-0.3, -0.25) is 0 Å². The predicted octanol–water partition coefficient (Wildman–Crippen LogP) is -0.120. The lowest BCUT2D eigenvalue weighted by atomic mass is 10.4. The number of ether oxygens (including phenoxy) is 6. The minimum atomic E-state index is -2.52. The van der Waals surface area contributed by atoms with E-state index >= 15 is 0 Å². The van der Waals surface area contributed by atoms with Crippen molar-refractivity contribution in [3.8, 4) is 0 Å². The quantitative estimate of drug-likeness (QED) is 0.0303. The van der Waals surface area contributed by atoms with Gasteiger partial charge in [0.1, 0.15) is 36.6 Å². The lowest BCUT2D eigenvalue weighted by Crippen LogP contribution is -2.56. The lowest BCUT2D eigenvalue weighted by Gasteiger charge is -2.41. The molecule has 0 aromatic rings. The molecule has 0 aliphatic heterocycles. The second-order valence-corrected chi connectivity index (χ2v) is 31.5. The Balaban J connectivity index is 4.28. The highest BCUT2D eigenvalue weighted by molar-refractivity contribution is 6.89. The maximum Gasteiger partial charge on any atom is 0.312 e. The Labute approximate surface area is 321 Å². The average molecular weight is 843 g/mol. The van der Waals surface area contributed by atoms with Crippen LogP contribution in [0, 0.1) is 0 Å². The summed E-state index contributed by atoms with van der Waals surface area (Å²) in [4.78, 5) is 0. The predicted molar refractivity (Wildman–Crippen MR) is 207 cm³/mol. The lowest BCUT2D eigenvalue weighted by molar-refractivity contribution is -0.0675. The Hall–Kier alpha value is 0.188. The summed E-state index contributed by atoms with van der Waals surface area (Å²) >= 11 is 0. The standard InChI is InChI=1S/C32H74O17Si4/c1-50(2,13-9-11-41-19-29(37)21-45-25-31(39)23-43-17-27(35)15-33)47-52(5,6)49-53(7,8)48-51(3,4)14-10-12-42-20-30(38)22-46-26-32(40)24-44-18-28(36)16-34/h27-40H,9-26H2,1-8H3. The highest BCUT2D eigenvalue weighted by atomic mass is 28.5. The molecule has 21 heteroatoms. The van der Waals surface area contributed by atoms with Gasteiger partial charge in [0.25, 0.3) is 0 Å². The van der Waals surface area contributed by atoms with E-state index in [4.69, 9.17) is 51.0 Å². The Morgan fingerprint density at radius 1 is 0.358 bits per heavy atom. The van der Waals surface area contributed by atoms with Crippen LogP contribution in [-0.4, -0.2) is 204 Å². The van der Waals surface area contributed by atoms with Crippen molar-refractivity contribution in [3.05, 3.63) is 0 Å². The van der Waals surface area contributed by atoms with Crippen LogP contribution in [0.1, 0.15) is 12.8 Å². The van der Waals surface area contributed by atoms with E-state index in [1.165, 1.54) is 0 Å². The van der Waals surface area contributed by atoms with Crippen molar-refractivity contribution >= 4 is 33.8 Å². The van der Waals surface area contributed by atoms with Crippen LogP contribution in [0.5, 0.6) is 0 Å². The first-order chi connectivity index (χ1) is 24.6. The van der Waals surface area contributed by atoms with Crippen molar-refractivity contribution in [3.63, 3.8) is 0 Å². The van der Waals surface area contributed by atoms with Gasteiger partial charge < -0.3 is 81.6 Å². The highest BCUT2D eigenvalue weighted by Crippen LogP contribution is 2.27. The molecule has 17 nitrogen and oxygen atoms in total. The molecule has 0 radical (unpaired) electrons. The first-order valence-electron chi connectivity index (χ1n) is 18.5. The van der Waals surface area contributed by atoms with Crippen molar-refractivity contribution < 1.29 is 81.6 Å². The van der Waals surface area contributed by atoms with E-state index in [0.717, 1.165) is 24.9 Å². The summed E-state index contributed by atoms with van der Waals surface area (Å²) in [6.45, 7) is 16.8. The number of aliphatic hydroxyl groups is 8. The van der Waals surface area contributed by atoms with Gasteiger partial charge in [-0.1, -0.05) is 0 Å². The van der Waals surface area contributed by atoms with Crippen LogP contribution in [0.2, 0.25) is 64.5 Å². The summed E-state index contributed by atoms with van der Waals surface area (Å²) in [6, 6.07) is 1.71. The van der Waals surface area contributed by atoms with Gasteiger partial charge in [0.2, 0.25) is 0 Å². The fourth-order valence-corrected chi connectivity index (χ4v) is 24.6. The third-order valence-electron chi connectivity index (χ3n) is 7.19. The van der Waals surface area contributed by atoms with Crippen LogP contribution in [0.15, 0.2) is 0 Å². The summed E-state index contributed by atoms with van der Waals surface area (Å²) in [5, 5.41) is 75.9. The normalized spacial score (nSPS) is 16.8. The van der Waals surface area contributed by atoms with Gasteiger partial charge in [-0.05, 0) is 77.3 Å². The number of hydrogen-bond acceptors (Lipinski definition) is 17. The minimum Gasteiger partial charge on any atom is -0.436 e. The van der Waals surface area contributed by atoms with E-state index < -0.39 is 83.6 Å². The zero-order valence-electron chi connectivity index (χ0n) is 33.4. The van der Waals surface area contributed by atoms with Crippen LogP contribution in [-0.2, 0) is 40.8 Å². The summed E-state index contributed by atoms with van der Waals surface area (Å²) in [6.07, 6.45) is -3.95. The molecular formula is C32H74O17Si4. The van der Waals surface area contributed by atoms with Gasteiger partial charge in [-0.15, -0.1) is 0 Å². The van der Waals surface area contributed by atoms with Crippen LogP contribution < -0.4 is 0 Å². The molecule has 0 amide bonds. The maximum atomic E-state index is 10.1. The second-order valence-electron chi connectivity index (χ2n) is 15.4. The molecule has 0 aromatic heterocycles. The average Bonchev–Trinajstić information content (AvgIpc) is 3.02. The van der Waals surface area contributed by atoms with E-state index in [9.17, 15) is 30.6 Å². The fraction of sp³-hybridized carbons (Fsp3) is 1.00. The Morgan fingerprint density at radius 3 is 0.868 bits per heavy atom. The van der Waals surface area contributed by atoms with Crippen LogP contribution in [0.25, 0.3) is 0 Å². The van der Waals surface area contributed by atoms with Gasteiger partial charge in [0.15, 0.2) is 16.6 Å². The molecule has 0 aliphatic rings. The van der Waals surface area contributed by atoms with Crippen molar-refractivity contribution in [1.82, 2.24) is 0 Å². The van der Waals surface area contributed by atoms with Crippen LogP contribution in [0.4, 0.5) is 0 Å². The molecule has 0 rings (SSSR count). The smallest absolute Gasteiger partial charge is 0.312 e. The van der Waals surface area contributed by atoms with E-state index in [1.54, 1.807) is 0 Å². The van der Waals surface area contributed by atoms with Crippen molar-refractivity contribution in [2.75, 3.05) is 92.5 Å². The number of aliphatic hydroxyl groups excluding tert-OH is 8. The molecule has 8 N–H and O–H groups in total. The van der Waals surface area contributed by atoms with Gasteiger partial charge >= 0.3 is 17.1 Å². The second kappa shape index (κ2) is 28.6. The minimum absolute atomic E-state index is 0.000203. The summed E-state index contributed by atoms with van der Waals surface area (Å²) in [5.74, 6) is 0. The molecule has 0 bridgehead atoms. The van der Waals surface area contributed by atoms with Gasteiger partial charge in [0, 0.05) is 13.2 Å². The monoisotopic (exact) mass is 842 g/mol.